The van der Waals surface area contributed by atoms with Gasteiger partial charge in [0.1, 0.15) is 6.10 Å². The summed E-state index contributed by atoms with van der Waals surface area (Å²) < 4.78 is 55.6. The van der Waals surface area contributed by atoms with Crippen molar-refractivity contribution in [3.63, 3.8) is 0 Å². The van der Waals surface area contributed by atoms with Crippen LogP contribution in [-0.4, -0.2) is 73.1 Å². The van der Waals surface area contributed by atoms with Gasteiger partial charge in [0.15, 0.2) is 11.8 Å². The van der Waals surface area contributed by atoms with Crippen LogP contribution in [0.3, 0.4) is 0 Å². The van der Waals surface area contributed by atoms with Crippen molar-refractivity contribution in [3.05, 3.63) is 53.7 Å². The third-order valence-electron chi connectivity index (χ3n) is 5.88. The molecule has 1 saturated heterocycles. The molecule has 0 bridgehead atoms. The Kier molecular flexibility index (Phi) is 7.07. The molecule has 0 aliphatic carbocycles. The number of fused-ring (bicyclic) bond motifs is 1. The Hall–Kier alpha value is -3.19. The summed E-state index contributed by atoms with van der Waals surface area (Å²) in [6.07, 6.45) is 1.53. The number of pyridine rings is 2. The van der Waals surface area contributed by atoms with Crippen molar-refractivity contribution < 1.29 is 27.6 Å². The number of hydrogen-bond donors (Lipinski definition) is 2. The topological polar surface area (TPSA) is 123 Å². The Morgan fingerprint density at radius 2 is 1.95 bits per heavy atom. The normalized spacial score (nSPS) is 19.1. The molecule has 38 heavy (non-hydrogen) atoms. The molecule has 0 amide bonds. The zero-order valence-corrected chi connectivity index (χ0v) is 22.0. The van der Waals surface area contributed by atoms with Gasteiger partial charge in [-0.2, -0.15) is 18.1 Å². The predicted molar refractivity (Wildman–Crippen MR) is 140 cm³/mol. The number of imidazole rings is 1. The number of nitrogens with one attached hydrogen (secondary N) is 1. The molecule has 1 fully saturated rings. The lowest BCUT2D eigenvalue weighted by atomic mass is 10.1. The first-order chi connectivity index (χ1) is 18.0. The van der Waals surface area contributed by atoms with Crippen LogP contribution < -0.4 is 4.74 Å². The third-order valence-corrected chi connectivity index (χ3v) is 6.82. The average Bonchev–Trinajstić information content (AvgIpc) is 3.38. The van der Waals surface area contributed by atoms with Gasteiger partial charge in [-0.3, -0.25) is 4.98 Å². The highest BCUT2D eigenvalue weighted by molar-refractivity contribution is 7.92. The van der Waals surface area contributed by atoms with E-state index in [2.05, 4.69) is 24.3 Å². The number of nitrogens with zero attached hydrogens (tertiary/aromatic N) is 4. The fourth-order valence-corrected chi connectivity index (χ4v) is 4.97. The summed E-state index contributed by atoms with van der Waals surface area (Å²) in [5, 5.41) is 9.32. The fourth-order valence-electron chi connectivity index (χ4n) is 4.09. The Morgan fingerprint density at radius 3 is 2.61 bits per heavy atom. The lowest BCUT2D eigenvalue weighted by Crippen LogP contribution is -2.42. The predicted octanol–water partition coefficient (Wildman–Crippen LogP) is 4.86. The second-order valence-corrected chi connectivity index (χ2v) is 12.1. The van der Waals surface area contributed by atoms with Crippen molar-refractivity contribution in [2.45, 2.75) is 24.6 Å². The van der Waals surface area contributed by atoms with Crippen molar-refractivity contribution in [2.75, 3.05) is 25.7 Å². The molecule has 0 saturated carbocycles. The molecule has 0 radical (unpaired) electrons. The molecule has 200 valence electrons. The smallest absolute Gasteiger partial charge is 0.312 e. The van der Waals surface area contributed by atoms with Gasteiger partial charge in [-0.05, 0) is 18.2 Å². The molecule has 0 spiro atoms. The van der Waals surface area contributed by atoms with E-state index in [-0.39, 0.29) is 24.7 Å². The Balaban J connectivity index is 1.36. The van der Waals surface area contributed by atoms with E-state index in [9.17, 15) is 13.0 Å². The minimum atomic E-state index is -3.28. The van der Waals surface area contributed by atoms with Crippen molar-refractivity contribution in [1.82, 2.24) is 19.9 Å². The van der Waals surface area contributed by atoms with Crippen LogP contribution in [0.2, 0.25) is 5.02 Å². The van der Waals surface area contributed by atoms with Crippen LogP contribution in [0.1, 0.15) is 6.42 Å². The summed E-state index contributed by atoms with van der Waals surface area (Å²) in [6.45, 7) is -0.741. The van der Waals surface area contributed by atoms with Crippen molar-refractivity contribution in [2.24, 2.45) is 4.36 Å². The van der Waals surface area contributed by atoms with Crippen molar-refractivity contribution >= 4 is 38.2 Å². The molecule has 5 rings (SSSR count). The number of H-pyrrole nitrogens is 1. The molecule has 4 heterocycles. The van der Waals surface area contributed by atoms with E-state index >= 15 is 0 Å². The van der Waals surface area contributed by atoms with E-state index in [0.717, 1.165) is 11.1 Å². The summed E-state index contributed by atoms with van der Waals surface area (Å²) in [5.41, 5.74) is 3.97. The maximum atomic E-state index is 14.5. The molecule has 0 unspecified atom stereocenters. The highest BCUT2D eigenvalue weighted by Gasteiger charge is 2.55. The van der Waals surface area contributed by atoms with Gasteiger partial charge in [-0.25, -0.2) is 9.19 Å². The van der Waals surface area contributed by atoms with E-state index in [1.54, 1.807) is 36.9 Å². The Labute approximate surface area is 222 Å². The van der Waals surface area contributed by atoms with E-state index < -0.39 is 34.5 Å². The molecule has 1 aliphatic rings. The number of aromatic amines is 1. The highest BCUT2D eigenvalue weighted by atomic mass is 35.5. The molecule has 3 aromatic heterocycles. The van der Waals surface area contributed by atoms with E-state index in [0.29, 0.717) is 27.6 Å². The van der Waals surface area contributed by atoms with Crippen LogP contribution in [0.4, 0.5) is 14.5 Å². The van der Waals surface area contributed by atoms with Crippen LogP contribution in [-0.2, 0) is 14.5 Å². The van der Waals surface area contributed by atoms with Gasteiger partial charge >= 0.3 is 5.92 Å². The molecular weight excluding hydrogens is 540 g/mol. The number of hydrogen-bond acceptors (Lipinski definition) is 8. The van der Waals surface area contributed by atoms with Gasteiger partial charge in [0.25, 0.3) is 6.01 Å². The van der Waals surface area contributed by atoms with E-state index in [1.807, 2.05) is 24.3 Å². The van der Waals surface area contributed by atoms with Gasteiger partial charge in [0.2, 0.25) is 0 Å². The number of alkyl halides is 2. The zero-order valence-electron chi connectivity index (χ0n) is 20.4. The van der Waals surface area contributed by atoms with Crippen LogP contribution >= 0.6 is 11.6 Å². The summed E-state index contributed by atoms with van der Waals surface area (Å²) >= 11 is 6.48. The Morgan fingerprint density at radius 1 is 1.21 bits per heavy atom. The second-order valence-electron chi connectivity index (χ2n) is 9.10. The zero-order chi connectivity index (χ0) is 27.1. The first-order valence-electron chi connectivity index (χ1n) is 11.6. The van der Waals surface area contributed by atoms with Crippen LogP contribution in [0.25, 0.3) is 33.7 Å². The van der Waals surface area contributed by atoms with Gasteiger partial charge in [-0.15, -0.1) is 0 Å². The summed E-state index contributed by atoms with van der Waals surface area (Å²) in [5.74, 6) is -3.28. The lowest BCUT2D eigenvalue weighted by Gasteiger charge is -2.21. The molecule has 1 aromatic carbocycles. The minimum absolute atomic E-state index is 0.128. The third kappa shape index (κ3) is 5.48. The van der Waals surface area contributed by atoms with E-state index in [1.165, 1.54) is 0 Å². The summed E-state index contributed by atoms with van der Waals surface area (Å²) in [4.78, 5) is 15.9. The number of ether oxygens (including phenoxy) is 2. The van der Waals surface area contributed by atoms with Crippen molar-refractivity contribution in [3.8, 4) is 28.5 Å². The SMILES string of the molecule is CS(C)(=O)=Nc1ccc(-c2ccc(-c3nc4nc(O[C@@H]5CO[C@H](CCO)C5(F)F)[nH]c4cc3Cl)cc2)nc1. The molecule has 4 aromatic rings. The standard InChI is InChI=1S/C25H24ClF2N5O4S/c1-38(2,35)33-16-7-8-18(29-12-16)14-3-5-15(6-4-14)22-17(26)11-19-23(31-22)32-24(30-19)37-21-13-36-20(9-10-34)25(21,27)28/h3-8,11-12,20-21,34H,9-10,13H2,1-2H3,(H,30,31,32)/t20-,21-/m1/s1. The number of halogens is 3. The van der Waals surface area contributed by atoms with Crippen molar-refractivity contribution in [1.29, 1.82) is 0 Å². The van der Waals surface area contributed by atoms with Gasteiger partial charge < -0.3 is 19.6 Å². The molecule has 13 heteroatoms. The number of aliphatic hydroxyl groups is 1. The molecule has 9 nitrogen and oxygen atoms in total. The fraction of sp³-hybridized carbons (Fsp3) is 0.320. The second kappa shape index (κ2) is 10.2. The van der Waals surface area contributed by atoms with Crippen LogP contribution in [0.5, 0.6) is 6.01 Å². The minimum Gasteiger partial charge on any atom is -0.452 e. The number of benzene rings is 1. The molecule has 2 atom stereocenters. The maximum absolute atomic E-state index is 14.5. The maximum Gasteiger partial charge on any atom is 0.312 e. The summed E-state index contributed by atoms with van der Waals surface area (Å²) in [7, 11) is -2.27. The van der Waals surface area contributed by atoms with Gasteiger partial charge in [0, 0.05) is 46.4 Å². The first kappa shape index (κ1) is 26.4. The van der Waals surface area contributed by atoms with Crippen LogP contribution in [0.15, 0.2) is 53.0 Å². The largest absolute Gasteiger partial charge is 0.452 e. The van der Waals surface area contributed by atoms with Crippen LogP contribution in [0, 0.1) is 0 Å². The average molecular weight is 564 g/mol. The Bertz CT molecular complexity index is 1580. The van der Waals surface area contributed by atoms with E-state index in [4.69, 9.17) is 26.2 Å². The molecular formula is C25H24ClF2N5O4S. The molecule has 2 N–H and O–H groups in total. The number of aromatic nitrogens is 4. The van der Waals surface area contributed by atoms with Gasteiger partial charge in [0.05, 0.1) is 40.4 Å². The highest BCUT2D eigenvalue weighted by Crippen LogP contribution is 2.37. The van der Waals surface area contributed by atoms with Gasteiger partial charge in [-0.1, -0.05) is 35.9 Å². The number of rotatable bonds is 7. The first-order valence-corrected chi connectivity index (χ1v) is 14.3. The summed E-state index contributed by atoms with van der Waals surface area (Å²) in [6, 6.07) is 12.4. The quantitative estimate of drug-likeness (QED) is 0.329. The monoisotopic (exact) mass is 563 g/mol. The lowest BCUT2D eigenvalue weighted by molar-refractivity contribution is -0.110. The number of aliphatic hydroxyl groups excluding tert-OH is 1. The molecule has 1 aliphatic heterocycles.